The number of hydrogen-bond donors (Lipinski definition) is 5. The maximum absolute atomic E-state index is 11.3. The van der Waals surface area contributed by atoms with E-state index in [9.17, 15) is 9.13 Å². The number of piperidine rings is 1. The Balaban J connectivity index is 2.74. The molecule has 0 aromatic heterocycles. The van der Waals surface area contributed by atoms with E-state index in [0.29, 0.717) is 0 Å². The Hall–Kier alpha value is 0.220. The van der Waals surface area contributed by atoms with Crippen molar-refractivity contribution in [2.45, 2.75) is 31.2 Å². The lowest BCUT2D eigenvalue weighted by Gasteiger charge is -2.35. The summed E-state index contributed by atoms with van der Waals surface area (Å²) in [4.78, 5) is 38.4. The highest BCUT2D eigenvalue weighted by Gasteiger charge is 2.56. The highest BCUT2D eigenvalue weighted by molar-refractivity contribution is 7.72. The van der Waals surface area contributed by atoms with Gasteiger partial charge in [0, 0.05) is 6.67 Å². The molecule has 1 aliphatic rings. The number of nitrogens with one attached hydrogen (secondary N) is 1. The standard InChI is InChI=1S/C8H20N2O6P2/c1-8(17(11,12)13,18(14,15)16)9-7-10-5-3-2-4-6-10/h9H,2-7H2,1H3,(H2,11,12,13)(H2,14,15,16). The molecule has 0 aromatic carbocycles. The van der Waals surface area contributed by atoms with Crippen LogP contribution in [0.25, 0.3) is 0 Å². The quantitative estimate of drug-likeness (QED) is 0.450. The summed E-state index contributed by atoms with van der Waals surface area (Å²) < 4.78 is 22.6. The predicted molar refractivity (Wildman–Crippen MR) is 65.9 cm³/mol. The van der Waals surface area contributed by atoms with Crippen molar-refractivity contribution in [2.24, 2.45) is 0 Å². The van der Waals surface area contributed by atoms with Gasteiger partial charge in [0.05, 0.1) is 0 Å². The van der Waals surface area contributed by atoms with Gasteiger partial charge in [-0.15, -0.1) is 0 Å². The summed E-state index contributed by atoms with van der Waals surface area (Å²) in [6.45, 7) is 2.42. The Kier molecular flexibility index (Phi) is 5.14. The van der Waals surface area contributed by atoms with Crippen LogP contribution in [-0.2, 0) is 9.13 Å². The van der Waals surface area contributed by atoms with Crippen molar-refractivity contribution in [3.8, 4) is 0 Å². The van der Waals surface area contributed by atoms with Crippen LogP contribution in [0.4, 0.5) is 0 Å². The van der Waals surface area contributed by atoms with Crippen LogP contribution in [0.15, 0.2) is 0 Å². The topological polar surface area (TPSA) is 130 Å². The molecule has 0 aromatic rings. The van der Waals surface area contributed by atoms with Crippen LogP contribution in [0, 0.1) is 0 Å². The minimum Gasteiger partial charge on any atom is -0.323 e. The smallest absolute Gasteiger partial charge is 0.323 e. The first-order valence-corrected chi connectivity index (χ1v) is 8.89. The second kappa shape index (κ2) is 5.69. The van der Waals surface area contributed by atoms with E-state index < -0.39 is 20.2 Å². The molecule has 0 amide bonds. The van der Waals surface area contributed by atoms with E-state index in [1.807, 2.05) is 4.90 Å². The molecular weight excluding hydrogens is 282 g/mol. The predicted octanol–water partition coefficient (Wildman–Crippen LogP) is 0.0485. The van der Waals surface area contributed by atoms with Crippen LogP contribution in [0.2, 0.25) is 0 Å². The van der Waals surface area contributed by atoms with Crippen LogP contribution in [-0.4, -0.2) is 49.3 Å². The highest BCUT2D eigenvalue weighted by atomic mass is 31.2. The summed E-state index contributed by atoms with van der Waals surface area (Å²) in [5.41, 5.74) is 0. The Morgan fingerprint density at radius 3 is 1.89 bits per heavy atom. The van der Waals surface area contributed by atoms with Gasteiger partial charge in [-0.1, -0.05) is 6.42 Å². The molecule has 5 N–H and O–H groups in total. The first-order chi connectivity index (χ1) is 8.08. The Bertz CT molecular complexity index is 350. The van der Waals surface area contributed by atoms with E-state index in [1.165, 1.54) is 0 Å². The fourth-order valence-electron chi connectivity index (χ4n) is 1.75. The van der Waals surface area contributed by atoms with Gasteiger partial charge in [0.25, 0.3) is 0 Å². The molecule has 1 heterocycles. The lowest BCUT2D eigenvalue weighted by molar-refractivity contribution is 0.195. The molecule has 108 valence electrons. The third kappa shape index (κ3) is 3.62. The lowest BCUT2D eigenvalue weighted by Crippen LogP contribution is -2.48. The normalized spacial score (nSPS) is 20.1. The van der Waals surface area contributed by atoms with Gasteiger partial charge in [0.2, 0.25) is 5.02 Å². The van der Waals surface area contributed by atoms with Crippen molar-refractivity contribution in [1.29, 1.82) is 0 Å². The molecule has 0 aliphatic carbocycles. The van der Waals surface area contributed by atoms with E-state index in [-0.39, 0.29) is 6.67 Å². The van der Waals surface area contributed by atoms with Gasteiger partial charge in [-0.25, -0.2) is 0 Å². The van der Waals surface area contributed by atoms with Crippen molar-refractivity contribution in [3.05, 3.63) is 0 Å². The van der Waals surface area contributed by atoms with Gasteiger partial charge >= 0.3 is 15.2 Å². The van der Waals surface area contributed by atoms with Crippen LogP contribution in [0.1, 0.15) is 26.2 Å². The summed E-state index contributed by atoms with van der Waals surface area (Å²) in [6, 6.07) is 0. The Labute approximate surface area is 106 Å². The Morgan fingerprint density at radius 2 is 1.50 bits per heavy atom. The van der Waals surface area contributed by atoms with E-state index in [4.69, 9.17) is 19.6 Å². The molecule has 1 fully saturated rings. The van der Waals surface area contributed by atoms with Crippen LogP contribution < -0.4 is 5.32 Å². The minimum absolute atomic E-state index is 0.0483. The third-order valence-electron chi connectivity index (χ3n) is 3.22. The highest BCUT2D eigenvalue weighted by Crippen LogP contribution is 2.67. The van der Waals surface area contributed by atoms with E-state index in [0.717, 1.165) is 39.3 Å². The molecule has 18 heavy (non-hydrogen) atoms. The average Bonchev–Trinajstić information content (AvgIpc) is 2.24. The summed E-state index contributed by atoms with van der Waals surface area (Å²) >= 11 is 0. The van der Waals surface area contributed by atoms with Gasteiger partial charge in [-0.2, -0.15) is 0 Å². The molecule has 1 rings (SSSR count). The third-order valence-corrected chi connectivity index (χ3v) is 7.37. The molecule has 10 heteroatoms. The summed E-state index contributed by atoms with van der Waals surface area (Å²) in [7, 11) is -9.96. The number of hydrogen-bond acceptors (Lipinski definition) is 4. The van der Waals surface area contributed by atoms with Gasteiger partial charge in [-0.05, 0) is 32.9 Å². The molecular formula is C8H20N2O6P2. The largest absolute Gasteiger partial charge is 0.357 e. The molecule has 0 atom stereocenters. The molecule has 1 saturated heterocycles. The second-order valence-corrected chi connectivity index (χ2v) is 8.94. The molecule has 0 radical (unpaired) electrons. The number of likely N-dealkylation sites (tertiary alicyclic amines) is 1. The molecule has 0 unspecified atom stereocenters. The summed E-state index contributed by atoms with van der Waals surface area (Å²) in [5, 5.41) is -0.185. The Morgan fingerprint density at radius 1 is 1.06 bits per heavy atom. The molecule has 0 spiro atoms. The van der Waals surface area contributed by atoms with E-state index >= 15 is 0 Å². The maximum atomic E-state index is 11.3. The number of rotatable bonds is 5. The SMILES string of the molecule is CC(NCN1CCCCC1)(P(=O)(O)O)P(=O)(O)O. The maximum Gasteiger partial charge on any atom is 0.357 e. The van der Waals surface area contributed by atoms with Crippen molar-refractivity contribution in [1.82, 2.24) is 10.2 Å². The van der Waals surface area contributed by atoms with Gasteiger partial charge < -0.3 is 19.6 Å². The first kappa shape index (κ1) is 16.3. The van der Waals surface area contributed by atoms with Crippen molar-refractivity contribution in [2.75, 3.05) is 19.8 Å². The van der Waals surface area contributed by atoms with E-state index in [1.54, 1.807) is 0 Å². The van der Waals surface area contributed by atoms with Crippen LogP contribution in [0.5, 0.6) is 0 Å². The molecule has 0 saturated carbocycles. The van der Waals surface area contributed by atoms with Gasteiger partial charge in [0.15, 0.2) is 0 Å². The summed E-state index contributed by atoms with van der Waals surface area (Å²) in [6.07, 6.45) is 3.05. The van der Waals surface area contributed by atoms with Crippen molar-refractivity contribution in [3.63, 3.8) is 0 Å². The first-order valence-electron chi connectivity index (χ1n) is 5.66. The minimum atomic E-state index is -4.98. The van der Waals surface area contributed by atoms with E-state index in [2.05, 4.69) is 5.32 Å². The number of nitrogens with zero attached hydrogens (tertiary/aromatic N) is 1. The van der Waals surface area contributed by atoms with Crippen LogP contribution >= 0.6 is 15.2 Å². The van der Waals surface area contributed by atoms with Crippen molar-refractivity contribution >= 4 is 15.2 Å². The molecule has 1 aliphatic heterocycles. The second-order valence-electron chi connectivity index (χ2n) is 4.62. The molecule has 8 nitrogen and oxygen atoms in total. The van der Waals surface area contributed by atoms with Gasteiger partial charge in [-0.3, -0.25) is 19.3 Å². The van der Waals surface area contributed by atoms with Crippen LogP contribution in [0.3, 0.4) is 0 Å². The van der Waals surface area contributed by atoms with Crippen molar-refractivity contribution < 1.29 is 28.7 Å². The average molecular weight is 302 g/mol. The zero-order valence-corrected chi connectivity index (χ0v) is 12.0. The zero-order chi connectivity index (χ0) is 14.0. The van der Waals surface area contributed by atoms with Gasteiger partial charge in [0.1, 0.15) is 0 Å². The molecule has 0 bridgehead atoms. The summed E-state index contributed by atoms with van der Waals surface area (Å²) in [5.74, 6) is 0. The fourth-order valence-corrected chi connectivity index (χ4v) is 3.67. The zero-order valence-electron chi connectivity index (χ0n) is 10.2. The fraction of sp³-hybridized carbons (Fsp3) is 1.00. The lowest BCUT2D eigenvalue weighted by atomic mass is 10.1. The monoisotopic (exact) mass is 302 g/mol.